The van der Waals surface area contributed by atoms with Gasteiger partial charge < -0.3 is 9.26 Å². The van der Waals surface area contributed by atoms with Crippen LogP contribution in [0.4, 0.5) is 0 Å². The van der Waals surface area contributed by atoms with E-state index in [0.717, 1.165) is 0 Å². The standard InChI is InChI=1S/C18H12N2O3/c1-22-14-9-5-8-13(10-14)17(21)18-16(15(11-19)20-23-18)12-6-3-2-4-7-12/h2-10H,1H3. The van der Waals surface area contributed by atoms with Gasteiger partial charge in [-0.2, -0.15) is 5.26 Å². The van der Waals surface area contributed by atoms with Crippen molar-refractivity contribution in [2.45, 2.75) is 0 Å². The Morgan fingerprint density at radius 3 is 2.65 bits per heavy atom. The quantitative estimate of drug-likeness (QED) is 0.690. The van der Waals surface area contributed by atoms with Gasteiger partial charge in [0, 0.05) is 5.56 Å². The molecule has 0 atom stereocenters. The molecule has 5 heteroatoms. The van der Waals surface area contributed by atoms with E-state index >= 15 is 0 Å². The third-order valence-electron chi connectivity index (χ3n) is 3.40. The van der Waals surface area contributed by atoms with Crippen LogP contribution in [0.1, 0.15) is 21.8 Å². The summed E-state index contributed by atoms with van der Waals surface area (Å²) in [5.41, 5.74) is 1.60. The molecule has 0 saturated heterocycles. The molecule has 2 aromatic carbocycles. The zero-order chi connectivity index (χ0) is 16.2. The molecule has 1 heterocycles. The Balaban J connectivity index is 2.12. The number of benzene rings is 2. The second-order valence-corrected chi connectivity index (χ2v) is 4.77. The van der Waals surface area contributed by atoms with Gasteiger partial charge in [-0.25, -0.2) is 0 Å². The number of aromatic nitrogens is 1. The van der Waals surface area contributed by atoms with E-state index in [2.05, 4.69) is 5.16 Å². The lowest BCUT2D eigenvalue weighted by Crippen LogP contribution is -2.02. The lowest BCUT2D eigenvalue weighted by molar-refractivity contribution is 0.100. The van der Waals surface area contributed by atoms with Crippen molar-refractivity contribution in [3.8, 4) is 22.9 Å². The molecule has 0 aliphatic carbocycles. The van der Waals surface area contributed by atoms with Crippen molar-refractivity contribution >= 4 is 5.78 Å². The highest BCUT2D eigenvalue weighted by molar-refractivity contribution is 6.11. The van der Waals surface area contributed by atoms with Gasteiger partial charge in [-0.15, -0.1) is 0 Å². The van der Waals surface area contributed by atoms with Crippen molar-refractivity contribution in [3.05, 3.63) is 71.6 Å². The highest BCUT2D eigenvalue weighted by atomic mass is 16.5. The number of nitriles is 1. The number of carbonyl (C=O) groups excluding carboxylic acids is 1. The van der Waals surface area contributed by atoms with Crippen LogP contribution in [0.25, 0.3) is 11.1 Å². The van der Waals surface area contributed by atoms with Crippen LogP contribution in [0.2, 0.25) is 0 Å². The fraction of sp³-hybridized carbons (Fsp3) is 0.0556. The molecule has 0 aliphatic heterocycles. The normalized spacial score (nSPS) is 10.1. The number of ether oxygens (including phenoxy) is 1. The second kappa shape index (κ2) is 6.16. The Morgan fingerprint density at radius 2 is 1.96 bits per heavy atom. The molecule has 0 unspecified atom stereocenters. The van der Waals surface area contributed by atoms with Gasteiger partial charge >= 0.3 is 0 Å². The fourth-order valence-electron chi connectivity index (χ4n) is 2.29. The zero-order valence-corrected chi connectivity index (χ0v) is 12.3. The molecule has 1 aromatic heterocycles. The molecule has 0 radical (unpaired) electrons. The first-order valence-electron chi connectivity index (χ1n) is 6.88. The summed E-state index contributed by atoms with van der Waals surface area (Å²) < 4.78 is 10.3. The molecule has 0 amide bonds. The summed E-state index contributed by atoms with van der Waals surface area (Å²) in [6, 6.07) is 17.8. The van der Waals surface area contributed by atoms with Crippen molar-refractivity contribution in [1.82, 2.24) is 5.16 Å². The molecule has 3 rings (SSSR count). The molecule has 23 heavy (non-hydrogen) atoms. The predicted octanol–water partition coefficient (Wildman–Crippen LogP) is 3.45. The van der Waals surface area contributed by atoms with E-state index in [9.17, 15) is 10.1 Å². The molecule has 0 fully saturated rings. The maximum atomic E-state index is 12.7. The molecule has 0 saturated carbocycles. The second-order valence-electron chi connectivity index (χ2n) is 4.77. The summed E-state index contributed by atoms with van der Waals surface area (Å²) in [5.74, 6) is 0.259. The van der Waals surface area contributed by atoms with Gasteiger partial charge in [0.05, 0.1) is 12.7 Å². The number of hydrogen-bond donors (Lipinski definition) is 0. The lowest BCUT2D eigenvalue weighted by Gasteiger charge is -2.04. The van der Waals surface area contributed by atoms with Gasteiger partial charge in [0.1, 0.15) is 11.8 Å². The molecule has 0 aliphatic rings. The Morgan fingerprint density at radius 1 is 1.17 bits per heavy atom. The van der Waals surface area contributed by atoms with E-state index < -0.39 is 0 Å². The SMILES string of the molecule is COc1cccc(C(=O)c2onc(C#N)c2-c2ccccc2)c1. The van der Waals surface area contributed by atoms with Crippen molar-refractivity contribution in [2.24, 2.45) is 0 Å². The molecular weight excluding hydrogens is 292 g/mol. The average molecular weight is 304 g/mol. The minimum Gasteiger partial charge on any atom is -0.497 e. The summed E-state index contributed by atoms with van der Waals surface area (Å²) >= 11 is 0. The van der Waals surface area contributed by atoms with E-state index in [0.29, 0.717) is 22.4 Å². The summed E-state index contributed by atoms with van der Waals surface area (Å²) in [4.78, 5) is 12.7. The minimum absolute atomic E-state index is 0.0426. The monoisotopic (exact) mass is 304 g/mol. The van der Waals surface area contributed by atoms with Crippen LogP contribution >= 0.6 is 0 Å². The Bertz CT molecular complexity index is 892. The van der Waals surface area contributed by atoms with Crippen LogP contribution in [-0.4, -0.2) is 18.0 Å². The van der Waals surface area contributed by atoms with Gasteiger partial charge in [0.25, 0.3) is 0 Å². The van der Waals surface area contributed by atoms with Crippen LogP contribution < -0.4 is 4.74 Å². The highest BCUT2D eigenvalue weighted by Gasteiger charge is 2.24. The van der Waals surface area contributed by atoms with Crippen molar-refractivity contribution < 1.29 is 14.1 Å². The first kappa shape index (κ1) is 14.5. The molecule has 3 aromatic rings. The van der Waals surface area contributed by atoms with E-state index in [1.165, 1.54) is 7.11 Å². The van der Waals surface area contributed by atoms with Gasteiger partial charge in [-0.05, 0) is 17.7 Å². The molecular formula is C18H12N2O3. The van der Waals surface area contributed by atoms with Crippen LogP contribution in [-0.2, 0) is 0 Å². The van der Waals surface area contributed by atoms with Crippen molar-refractivity contribution in [1.29, 1.82) is 5.26 Å². The Hall–Kier alpha value is -3.39. The molecule has 0 N–H and O–H groups in total. The topological polar surface area (TPSA) is 76.1 Å². The number of methoxy groups -OCH3 is 1. The maximum absolute atomic E-state index is 12.7. The van der Waals surface area contributed by atoms with E-state index in [4.69, 9.17) is 9.26 Å². The zero-order valence-electron chi connectivity index (χ0n) is 12.3. The fourth-order valence-corrected chi connectivity index (χ4v) is 2.29. The summed E-state index contributed by atoms with van der Waals surface area (Å²) in [5, 5.41) is 12.9. The van der Waals surface area contributed by atoms with Crippen LogP contribution in [0.3, 0.4) is 0 Å². The number of rotatable bonds is 4. The first-order valence-corrected chi connectivity index (χ1v) is 6.88. The molecule has 5 nitrogen and oxygen atoms in total. The van der Waals surface area contributed by atoms with Crippen LogP contribution in [0.15, 0.2) is 59.1 Å². The predicted molar refractivity (Wildman–Crippen MR) is 83.1 cm³/mol. The number of hydrogen-bond acceptors (Lipinski definition) is 5. The third kappa shape index (κ3) is 2.70. The number of carbonyl (C=O) groups is 1. The van der Waals surface area contributed by atoms with E-state index in [-0.39, 0.29) is 17.2 Å². The maximum Gasteiger partial charge on any atom is 0.231 e. The first-order chi connectivity index (χ1) is 11.2. The Labute approximate surface area is 132 Å². The minimum atomic E-state index is -0.350. The number of nitrogens with zero attached hydrogens (tertiary/aromatic N) is 2. The van der Waals surface area contributed by atoms with Gasteiger partial charge in [0.15, 0.2) is 5.69 Å². The van der Waals surface area contributed by atoms with Crippen LogP contribution in [0, 0.1) is 11.3 Å². The largest absolute Gasteiger partial charge is 0.497 e. The Kier molecular flexibility index (Phi) is 3.89. The van der Waals surface area contributed by atoms with E-state index in [1.807, 2.05) is 24.3 Å². The summed E-state index contributed by atoms with van der Waals surface area (Å²) in [7, 11) is 1.53. The van der Waals surface area contributed by atoms with Crippen LogP contribution in [0.5, 0.6) is 5.75 Å². The van der Waals surface area contributed by atoms with Gasteiger partial charge in [0.2, 0.25) is 11.5 Å². The average Bonchev–Trinajstić information content (AvgIpc) is 3.06. The smallest absolute Gasteiger partial charge is 0.231 e. The summed E-state index contributed by atoms with van der Waals surface area (Å²) in [6.07, 6.45) is 0. The molecule has 0 bridgehead atoms. The third-order valence-corrected chi connectivity index (χ3v) is 3.40. The van der Waals surface area contributed by atoms with Crippen molar-refractivity contribution in [2.75, 3.05) is 7.11 Å². The van der Waals surface area contributed by atoms with E-state index in [1.54, 1.807) is 36.4 Å². The van der Waals surface area contributed by atoms with Gasteiger partial charge in [-0.1, -0.05) is 47.6 Å². The van der Waals surface area contributed by atoms with Gasteiger partial charge in [-0.3, -0.25) is 4.79 Å². The highest BCUT2D eigenvalue weighted by Crippen LogP contribution is 2.29. The summed E-state index contributed by atoms with van der Waals surface area (Å²) in [6.45, 7) is 0. The lowest BCUT2D eigenvalue weighted by atomic mass is 9.99. The van der Waals surface area contributed by atoms with Crippen molar-refractivity contribution in [3.63, 3.8) is 0 Å². The molecule has 112 valence electrons. The molecule has 0 spiro atoms. The number of ketones is 1.